The van der Waals surface area contributed by atoms with Gasteiger partial charge in [-0.15, -0.1) is 0 Å². The number of carbonyl (C=O) groups excluding carboxylic acids is 1. The quantitative estimate of drug-likeness (QED) is 0.775. The second-order valence-electron chi connectivity index (χ2n) is 6.27. The maximum absolute atomic E-state index is 12.4. The van der Waals surface area contributed by atoms with Gasteiger partial charge in [-0.25, -0.2) is 0 Å². The first-order valence-corrected chi connectivity index (χ1v) is 8.48. The standard InChI is InChI=1S/C17H24F3N3O3/c1-11-9-13(23-7-8-26-10-12(23)2)22-16(25-3)14(11)15(24)21-6-4-5-17(18,19)20/h9,12H,4-8,10H2,1-3H3,(H,21,24)/t12-/m1/s1. The van der Waals surface area contributed by atoms with Crippen LogP contribution in [0.4, 0.5) is 19.0 Å². The first-order valence-electron chi connectivity index (χ1n) is 8.48. The van der Waals surface area contributed by atoms with Gasteiger partial charge in [0, 0.05) is 19.5 Å². The number of rotatable bonds is 6. The number of hydrogen-bond acceptors (Lipinski definition) is 5. The normalized spacial score (nSPS) is 17.9. The van der Waals surface area contributed by atoms with Crippen LogP contribution in [0.3, 0.4) is 0 Å². The summed E-state index contributed by atoms with van der Waals surface area (Å²) in [6.07, 6.45) is -5.33. The lowest BCUT2D eigenvalue weighted by molar-refractivity contribution is -0.135. The molecule has 0 saturated carbocycles. The first-order chi connectivity index (χ1) is 12.2. The Morgan fingerprint density at radius 3 is 2.85 bits per heavy atom. The Hall–Kier alpha value is -2.03. The SMILES string of the molecule is COc1nc(N2CCOC[C@H]2C)cc(C)c1C(=O)NCCCC(F)(F)F. The second-order valence-corrected chi connectivity index (χ2v) is 6.27. The molecule has 0 radical (unpaired) electrons. The average molecular weight is 375 g/mol. The predicted molar refractivity (Wildman–Crippen MR) is 90.8 cm³/mol. The number of aryl methyl sites for hydroxylation is 1. The van der Waals surface area contributed by atoms with Crippen molar-refractivity contribution in [2.75, 3.05) is 38.3 Å². The number of anilines is 1. The number of hydrogen-bond donors (Lipinski definition) is 1. The van der Waals surface area contributed by atoms with Gasteiger partial charge in [-0.05, 0) is 31.9 Å². The zero-order chi connectivity index (χ0) is 19.3. The maximum atomic E-state index is 12.4. The van der Waals surface area contributed by atoms with Gasteiger partial charge in [-0.3, -0.25) is 4.79 Å². The van der Waals surface area contributed by atoms with Crippen LogP contribution < -0.4 is 15.0 Å². The zero-order valence-electron chi connectivity index (χ0n) is 15.2. The Balaban J connectivity index is 2.12. The molecular formula is C17H24F3N3O3. The highest BCUT2D eigenvalue weighted by atomic mass is 19.4. The van der Waals surface area contributed by atoms with Crippen LogP contribution in [0.2, 0.25) is 0 Å². The summed E-state index contributed by atoms with van der Waals surface area (Å²) < 4.78 is 47.2. The summed E-state index contributed by atoms with van der Waals surface area (Å²) in [5.74, 6) is 0.353. The molecule has 1 atom stereocenters. The molecule has 0 aliphatic carbocycles. The van der Waals surface area contributed by atoms with Crippen LogP contribution in [0.25, 0.3) is 0 Å². The number of methoxy groups -OCH3 is 1. The van der Waals surface area contributed by atoms with E-state index >= 15 is 0 Å². The summed E-state index contributed by atoms with van der Waals surface area (Å²) in [7, 11) is 1.41. The predicted octanol–water partition coefficient (Wildman–Crippen LogP) is 2.70. The van der Waals surface area contributed by atoms with E-state index in [4.69, 9.17) is 9.47 Å². The van der Waals surface area contributed by atoms with Crippen LogP contribution in [0.15, 0.2) is 6.07 Å². The van der Waals surface area contributed by atoms with Crippen molar-refractivity contribution < 1.29 is 27.4 Å². The van der Waals surface area contributed by atoms with E-state index in [2.05, 4.69) is 15.2 Å². The van der Waals surface area contributed by atoms with E-state index in [-0.39, 0.29) is 30.5 Å². The van der Waals surface area contributed by atoms with Crippen molar-refractivity contribution in [1.29, 1.82) is 0 Å². The van der Waals surface area contributed by atoms with E-state index in [1.165, 1.54) is 7.11 Å². The molecule has 0 aromatic carbocycles. The highest BCUT2D eigenvalue weighted by Crippen LogP contribution is 2.27. The van der Waals surface area contributed by atoms with Crippen LogP contribution in [-0.2, 0) is 4.74 Å². The van der Waals surface area contributed by atoms with Crippen LogP contribution >= 0.6 is 0 Å². The summed E-state index contributed by atoms with van der Waals surface area (Å²) in [5.41, 5.74) is 0.892. The van der Waals surface area contributed by atoms with Crippen molar-refractivity contribution in [3.63, 3.8) is 0 Å². The van der Waals surface area contributed by atoms with Crippen molar-refractivity contribution in [2.24, 2.45) is 0 Å². The topological polar surface area (TPSA) is 63.7 Å². The molecule has 1 amide bonds. The number of carbonyl (C=O) groups is 1. The number of nitrogens with zero attached hydrogens (tertiary/aromatic N) is 2. The number of alkyl halides is 3. The molecule has 1 aliphatic rings. The Morgan fingerprint density at radius 2 is 2.23 bits per heavy atom. The van der Waals surface area contributed by atoms with Gasteiger partial charge < -0.3 is 19.7 Å². The average Bonchev–Trinajstić information content (AvgIpc) is 2.57. The van der Waals surface area contributed by atoms with Gasteiger partial charge in [-0.1, -0.05) is 0 Å². The van der Waals surface area contributed by atoms with Gasteiger partial charge in [-0.2, -0.15) is 18.2 Å². The Morgan fingerprint density at radius 1 is 1.50 bits per heavy atom. The van der Waals surface area contributed by atoms with Gasteiger partial charge in [0.1, 0.15) is 11.4 Å². The van der Waals surface area contributed by atoms with Gasteiger partial charge in [0.15, 0.2) is 0 Å². The second kappa shape index (κ2) is 8.57. The highest BCUT2D eigenvalue weighted by molar-refractivity contribution is 5.98. The number of morpholine rings is 1. The Labute approximate surface area is 150 Å². The van der Waals surface area contributed by atoms with Gasteiger partial charge >= 0.3 is 6.18 Å². The number of amides is 1. The molecular weight excluding hydrogens is 351 g/mol. The van der Waals surface area contributed by atoms with Gasteiger partial charge in [0.2, 0.25) is 5.88 Å². The monoisotopic (exact) mass is 375 g/mol. The molecule has 6 nitrogen and oxygen atoms in total. The van der Waals surface area contributed by atoms with Crippen LogP contribution in [0.5, 0.6) is 5.88 Å². The number of halogens is 3. The van der Waals surface area contributed by atoms with E-state index in [1.54, 1.807) is 13.0 Å². The van der Waals surface area contributed by atoms with Gasteiger partial charge in [0.05, 0.1) is 26.4 Å². The third-order valence-electron chi connectivity index (χ3n) is 4.17. The minimum atomic E-state index is -4.23. The molecule has 1 aromatic rings. The molecule has 9 heteroatoms. The molecule has 1 N–H and O–H groups in total. The van der Waals surface area contributed by atoms with Crippen LogP contribution in [0.1, 0.15) is 35.7 Å². The van der Waals surface area contributed by atoms with Crippen molar-refractivity contribution in [1.82, 2.24) is 10.3 Å². The fourth-order valence-corrected chi connectivity index (χ4v) is 2.84. The largest absolute Gasteiger partial charge is 0.480 e. The Bertz CT molecular complexity index is 638. The minimum Gasteiger partial charge on any atom is -0.480 e. The Kier molecular flexibility index (Phi) is 6.69. The zero-order valence-corrected chi connectivity index (χ0v) is 15.2. The van der Waals surface area contributed by atoms with E-state index in [9.17, 15) is 18.0 Å². The molecule has 1 fully saturated rings. The van der Waals surface area contributed by atoms with Crippen LogP contribution in [0, 0.1) is 6.92 Å². The summed E-state index contributed by atoms with van der Waals surface area (Å²) in [6, 6.07) is 1.93. The lowest BCUT2D eigenvalue weighted by Crippen LogP contribution is -2.44. The van der Waals surface area contributed by atoms with E-state index in [0.717, 1.165) is 0 Å². The third kappa shape index (κ3) is 5.23. The highest BCUT2D eigenvalue weighted by Gasteiger charge is 2.27. The molecule has 0 spiro atoms. The maximum Gasteiger partial charge on any atom is 0.389 e. The van der Waals surface area contributed by atoms with Crippen molar-refractivity contribution >= 4 is 11.7 Å². The van der Waals surface area contributed by atoms with E-state index in [0.29, 0.717) is 31.1 Å². The first kappa shape index (κ1) is 20.3. The molecule has 26 heavy (non-hydrogen) atoms. The molecule has 0 bridgehead atoms. The molecule has 146 valence electrons. The summed E-state index contributed by atoms with van der Waals surface area (Å²) in [5, 5.41) is 2.50. The minimum absolute atomic E-state index is 0.0663. The molecule has 1 aliphatic heterocycles. The molecule has 0 unspecified atom stereocenters. The lowest BCUT2D eigenvalue weighted by atomic mass is 10.1. The van der Waals surface area contributed by atoms with Crippen molar-refractivity contribution in [3.8, 4) is 5.88 Å². The summed E-state index contributed by atoms with van der Waals surface area (Å²) in [4.78, 5) is 18.9. The van der Waals surface area contributed by atoms with Crippen molar-refractivity contribution in [2.45, 2.75) is 38.9 Å². The number of aromatic nitrogens is 1. The molecule has 2 heterocycles. The summed E-state index contributed by atoms with van der Waals surface area (Å²) in [6.45, 7) is 5.57. The molecule has 2 rings (SSSR count). The number of nitrogens with one attached hydrogen (secondary N) is 1. The molecule has 1 aromatic heterocycles. The van der Waals surface area contributed by atoms with Crippen molar-refractivity contribution in [3.05, 3.63) is 17.2 Å². The fourth-order valence-electron chi connectivity index (χ4n) is 2.84. The van der Waals surface area contributed by atoms with E-state index < -0.39 is 18.5 Å². The smallest absolute Gasteiger partial charge is 0.389 e. The number of pyridine rings is 1. The number of ether oxygens (including phenoxy) is 2. The fraction of sp³-hybridized carbons (Fsp3) is 0.647. The third-order valence-corrected chi connectivity index (χ3v) is 4.17. The van der Waals surface area contributed by atoms with Crippen LogP contribution in [-0.4, -0.2) is 56.5 Å². The summed E-state index contributed by atoms with van der Waals surface area (Å²) >= 11 is 0. The molecule has 1 saturated heterocycles. The van der Waals surface area contributed by atoms with Gasteiger partial charge in [0.25, 0.3) is 5.91 Å². The van der Waals surface area contributed by atoms with E-state index in [1.807, 2.05) is 6.92 Å². The lowest BCUT2D eigenvalue weighted by Gasteiger charge is -2.34.